The fourth-order valence-corrected chi connectivity index (χ4v) is 5.54. The fraction of sp³-hybridized carbons (Fsp3) is 0.375. The first kappa shape index (κ1) is 31.9. The number of hydrogen-bond acceptors (Lipinski definition) is 7. The Labute approximate surface area is 258 Å². The number of rotatable bonds is 8. The quantitative estimate of drug-likeness (QED) is 0.289. The maximum Gasteiger partial charge on any atom is 0.433 e. The Kier molecular flexibility index (Phi) is 9.12. The lowest BCUT2D eigenvalue weighted by Crippen LogP contribution is -2.50. The monoisotopic (exact) mass is 624 g/mol. The molecular weight excluding hydrogens is 589 g/mol. The minimum Gasteiger partial charge on any atom is -0.497 e. The van der Waals surface area contributed by atoms with Crippen LogP contribution in [0.15, 0.2) is 54.7 Å². The number of halogens is 3. The summed E-state index contributed by atoms with van der Waals surface area (Å²) in [6, 6.07) is 13.4. The van der Waals surface area contributed by atoms with Crippen molar-refractivity contribution in [2.75, 3.05) is 45.2 Å². The molecule has 0 saturated carbocycles. The zero-order chi connectivity index (χ0) is 32.5. The van der Waals surface area contributed by atoms with Crippen molar-refractivity contribution < 1.29 is 32.6 Å². The molecule has 10 nitrogen and oxygen atoms in total. The molecule has 13 heteroatoms. The van der Waals surface area contributed by atoms with Crippen molar-refractivity contribution in [2.45, 2.75) is 33.0 Å². The second kappa shape index (κ2) is 12.9. The molecule has 0 unspecified atom stereocenters. The summed E-state index contributed by atoms with van der Waals surface area (Å²) < 4.78 is 48.8. The van der Waals surface area contributed by atoms with Gasteiger partial charge in [0.25, 0.3) is 5.91 Å². The van der Waals surface area contributed by atoms with E-state index >= 15 is 0 Å². The molecule has 0 spiro atoms. The molecule has 1 saturated heterocycles. The van der Waals surface area contributed by atoms with Gasteiger partial charge in [0.05, 0.1) is 31.6 Å². The number of aliphatic hydroxyl groups excluding tert-OH is 1. The van der Waals surface area contributed by atoms with Crippen LogP contribution in [-0.4, -0.2) is 81.2 Å². The average molecular weight is 625 g/mol. The standard InChI is InChI=1S/C32H35F3N6O4/c1-19(2)30(43)37-23-7-5-6-22(16-23)26(18-42)39-12-14-40(15-13-39)31(44)25-17-36-41-28(32(33,34)35)20(3)27(38-29(25)41)21-8-10-24(45-4)11-9-21/h5-11,16-17,19,26,42H,12-15,18H2,1-4H3,(H,37,43)/t26-/m0/s1. The highest BCUT2D eigenvalue weighted by atomic mass is 19.4. The summed E-state index contributed by atoms with van der Waals surface area (Å²) in [5.74, 6) is -0.235. The van der Waals surface area contributed by atoms with Gasteiger partial charge in [0, 0.05) is 48.9 Å². The highest BCUT2D eigenvalue weighted by Crippen LogP contribution is 2.37. The highest BCUT2D eigenvalue weighted by Gasteiger charge is 2.39. The lowest BCUT2D eigenvalue weighted by Gasteiger charge is -2.38. The van der Waals surface area contributed by atoms with Crippen LogP contribution in [0.2, 0.25) is 0 Å². The van der Waals surface area contributed by atoms with Crippen molar-refractivity contribution >= 4 is 23.1 Å². The largest absolute Gasteiger partial charge is 0.497 e. The summed E-state index contributed by atoms with van der Waals surface area (Å²) in [5, 5.41) is 17.1. The summed E-state index contributed by atoms with van der Waals surface area (Å²) in [7, 11) is 1.49. The number of alkyl halides is 3. The van der Waals surface area contributed by atoms with E-state index in [-0.39, 0.29) is 60.0 Å². The first-order valence-electron chi connectivity index (χ1n) is 14.6. The third-order valence-electron chi connectivity index (χ3n) is 8.02. The van der Waals surface area contributed by atoms with Gasteiger partial charge in [-0.15, -0.1) is 0 Å². The molecule has 1 aliphatic heterocycles. The minimum absolute atomic E-state index is 0.0315. The van der Waals surface area contributed by atoms with Crippen LogP contribution in [0.1, 0.15) is 47.1 Å². The van der Waals surface area contributed by atoms with Gasteiger partial charge in [-0.05, 0) is 48.9 Å². The predicted molar refractivity (Wildman–Crippen MR) is 162 cm³/mol. The number of ether oxygens (including phenoxy) is 1. The van der Waals surface area contributed by atoms with Crippen LogP contribution < -0.4 is 10.1 Å². The van der Waals surface area contributed by atoms with Crippen molar-refractivity contribution in [1.82, 2.24) is 24.4 Å². The molecule has 0 radical (unpaired) electrons. The van der Waals surface area contributed by atoms with Gasteiger partial charge in [-0.3, -0.25) is 14.5 Å². The number of benzene rings is 2. The van der Waals surface area contributed by atoms with E-state index in [2.05, 4.69) is 15.4 Å². The van der Waals surface area contributed by atoms with Gasteiger partial charge in [0.2, 0.25) is 5.91 Å². The maximum atomic E-state index is 14.3. The third-order valence-corrected chi connectivity index (χ3v) is 8.02. The molecule has 2 aromatic carbocycles. The van der Waals surface area contributed by atoms with Crippen molar-refractivity contribution in [3.05, 3.63) is 77.1 Å². The number of hydrogen-bond donors (Lipinski definition) is 2. The molecule has 0 bridgehead atoms. The van der Waals surface area contributed by atoms with E-state index in [1.807, 2.05) is 23.1 Å². The van der Waals surface area contributed by atoms with Crippen molar-refractivity contribution in [3.63, 3.8) is 0 Å². The third kappa shape index (κ3) is 6.50. The Morgan fingerprint density at radius 1 is 1.07 bits per heavy atom. The molecule has 1 aliphatic rings. The Morgan fingerprint density at radius 3 is 2.36 bits per heavy atom. The number of nitrogens with one attached hydrogen (secondary N) is 1. The van der Waals surface area contributed by atoms with Gasteiger partial charge in [-0.25, -0.2) is 9.50 Å². The highest BCUT2D eigenvalue weighted by molar-refractivity contribution is 6.00. The van der Waals surface area contributed by atoms with Crippen LogP contribution in [0.3, 0.4) is 0 Å². The van der Waals surface area contributed by atoms with Gasteiger partial charge in [0.15, 0.2) is 11.3 Å². The number of methoxy groups -OCH3 is 1. The van der Waals surface area contributed by atoms with Crippen LogP contribution >= 0.6 is 0 Å². The summed E-state index contributed by atoms with van der Waals surface area (Å²) in [6.45, 7) is 6.14. The summed E-state index contributed by atoms with van der Waals surface area (Å²) in [5.41, 5.74) is 0.648. The second-order valence-electron chi connectivity index (χ2n) is 11.2. The molecule has 2 amide bonds. The number of aromatic nitrogens is 3. The summed E-state index contributed by atoms with van der Waals surface area (Å²) in [6.07, 6.45) is -3.62. The number of piperazine rings is 1. The number of carbonyl (C=O) groups excluding carboxylic acids is 2. The van der Waals surface area contributed by atoms with E-state index in [1.165, 1.54) is 14.0 Å². The van der Waals surface area contributed by atoms with Gasteiger partial charge in [0.1, 0.15) is 11.3 Å². The van der Waals surface area contributed by atoms with E-state index in [0.717, 1.165) is 11.8 Å². The molecule has 45 heavy (non-hydrogen) atoms. The molecule has 2 N–H and O–H groups in total. The molecule has 2 aromatic heterocycles. The van der Waals surface area contributed by atoms with E-state index < -0.39 is 17.8 Å². The van der Waals surface area contributed by atoms with Gasteiger partial charge in [-0.1, -0.05) is 26.0 Å². The minimum atomic E-state index is -4.75. The first-order chi connectivity index (χ1) is 21.4. The topological polar surface area (TPSA) is 112 Å². The normalized spacial score (nSPS) is 15.0. The molecule has 4 aromatic rings. The zero-order valence-corrected chi connectivity index (χ0v) is 25.4. The number of carbonyl (C=O) groups is 2. The van der Waals surface area contributed by atoms with Crippen LogP contribution in [0, 0.1) is 12.8 Å². The smallest absolute Gasteiger partial charge is 0.433 e. The van der Waals surface area contributed by atoms with Crippen LogP contribution in [0.25, 0.3) is 16.9 Å². The Balaban J connectivity index is 1.39. The molecule has 1 atom stereocenters. The number of nitrogens with zero attached hydrogens (tertiary/aromatic N) is 5. The number of aliphatic hydroxyl groups is 1. The number of anilines is 1. The maximum absolute atomic E-state index is 14.3. The molecule has 0 aliphatic carbocycles. The fourth-order valence-electron chi connectivity index (χ4n) is 5.54. The lowest BCUT2D eigenvalue weighted by molar-refractivity contribution is -0.143. The summed E-state index contributed by atoms with van der Waals surface area (Å²) >= 11 is 0. The molecular formula is C32H35F3N6O4. The van der Waals surface area contributed by atoms with E-state index in [1.54, 1.807) is 49.1 Å². The number of amides is 2. The molecule has 3 heterocycles. The van der Waals surface area contributed by atoms with Crippen LogP contribution in [0.5, 0.6) is 5.75 Å². The first-order valence-corrected chi connectivity index (χ1v) is 14.6. The molecule has 1 fully saturated rings. The van der Waals surface area contributed by atoms with E-state index in [9.17, 15) is 27.9 Å². The molecule has 5 rings (SSSR count). The Bertz CT molecular complexity index is 1700. The zero-order valence-electron chi connectivity index (χ0n) is 25.4. The van der Waals surface area contributed by atoms with Crippen molar-refractivity contribution in [2.24, 2.45) is 5.92 Å². The molecule has 238 valence electrons. The lowest BCUT2D eigenvalue weighted by atomic mass is 10.0. The van der Waals surface area contributed by atoms with Gasteiger partial charge in [-0.2, -0.15) is 18.3 Å². The van der Waals surface area contributed by atoms with Gasteiger partial charge < -0.3 is 20.1 Å². The predicted octanol–water partition coefficient (Wildman–Crippen LogP) is 4.82. The Morgan fingerprint density at radius 2 is 1.76 bits per heavy atom. The second-order valence-corrected chi connectivity index (χ2v) is 11.2. The average Bonchev–Trinajstić information content (AvgIpc) is 3.43. The van der Waals surface area contributed by atoms with Crippen LogP contribution in [0.4, 0.5) is 18.9 Å². The van der Waals surface area contributed by atoms with Crippen molar-refractivity contribution in [1.29, 1.82) is 0 Å². The summed E-state index contributed by atoms with van der Waals surface area (Å²) in [4.78, 5) is 34.0. The van der Waals surface area contributed by atoms with Crippen LogP contribution in [-0.2, 0) is 11.0 Å². The van der Waals surface area contributed by atoms with Crippen molar-refractivity contribution in [3.8, 4) is 17.0 Å². The van der Waals surface area contributed by atoms with E-state index in [4.69, 9.17) is 4.74 Å². The SMILES string of the molecule is COc1ccc(-c2nc3c(C(=O)N4CCN([C@@H](CO)c5cccc(NC(=O)C(C)C)c5)CC4)cnn3c(C(F)(F)F)c2C)cc1. The van der Waals surface area contributed by atoms with Gasteiger partial charge >= 0.3 is 6.18 Å². The number of fused-ring (bicyclic) bond motifs is 1. The Hall–Kier alpha value is -4.49. The van der Waals surface area contributed by atoms with E-state index in [0.29, 0.717) is 34.6 Å².